The number of carbonyl (C=O) groups is 2. The van der Waals surface area contributed by atoms with E-state index >= 15 is 0 Å². The van der Waals surface area contributed by atoms with Crippen molar-refractivity contribution < 1.29 is 19.1 Å². The third kappa shape index (κ3) is 5.48. The third-order valence-corrected chi connectivity index (χ3v) is 8.24. The molecule has 38 heavy (non-hydrogen) atoms. The fourth-order valence-corrected chi connectivity index (χ4v) is 6.10. The summed E-state index contributed by atoms with van der Waals surface area (Å²) < 4.78 is 5.96. The summed E-state index contributed by atoms with van der Waals surface area (Å²) in [7, 11) is 0. The molecule has 5 rings (SSSR count). The number of rotatable bonds is 6. The molecule has 1 atom stereocenters. The molecule has 0 unspecified atom stereocenters. The van der Waals surface area contributed by atoms with Crippen molar-refractivity contribution in [2.75, 3.05) is 5.32 Å². The van der Waals surface area contributed by atoms with Crippen molar-refractivity contribution in [1.82, 2.24) is 0 Å². The molecule has 2 N–H and O–H groups in total. The molecule has 0 saturated heterocycles. The summed E-state index contributed by atoms with van der Waals surface area (Å²) in [5.74, 6) is 0.604. The Morgan fingerprint density at radius 1 is 1.05 bits per heavy atom. The second-order valence-corrected chi connectivity index (χ2v) is 11.7. The van der Waals surface area contributed by atoms with Gasteiger partial charge in [-0.2, -0.15) is 0 Å². The van der Waals surface area contributed by atoms with Crippen LogP contribution in [0.5, 0.6) is 0 Å². The number of aromatic carboxylic acids is 1. The van der Waals surface area contributed by atoms with Gasteiger partial charge < -0.3 is 14.8 Å². The fourth-order valence-electron chi connectivity index (χ4n) is 4.83. The molecule has 2 aromatic heterocycles. The maximum atomic E-state index is 13.5. The van der Waals surface area contributed by atoms with Crippen molar-refractivity contribution in [2.24, 2.45) is 16.3 Å². The molecule has 2 heterocycles. The number of aliphatic imine (C=N–C) groups is 1. The van der Waals surface area contributed by atoms with Crippen LogP contribution in [0.25, 0.3) is 11.3 Å². The molecule has 4 aromatic rings. The van der Waals surface area contributed by atoms with E-state index in [1.807, 2.05) is 42.5 Å². The molecule has 0 bridgehead atoms. The summed E-state index contributed by atoms with van der Waals surface area (Å²) >= 11 is 1.59. The maximum absolute atomic E-state index is 13.5. The number of furan rings is 1. The minimum absolute atomic E-state index is 0.145. The van der Waals surface area contributed by atoms with Gasteiger partial charge >= 0.3 is 5.97 Å². The van der Waals surface area contributed by atoms with Gasteiger partial charge in [-0.05, 0) is 72.6 Å². The van der Waals surface area contributed by atoms with E-state index in [4.69, 9.17) is 14.5 Å². The molecule has 7 heteroatoms. The number of carbonyl (C=O) groups excluding carboxylic acids is 1. The maximum Gasteiger partial charge on any atom is 0.335 e. The SMILES string of the molecule is CC(C)(C)[C@H]1CCc2c(sc(N=Cc3ccc(-c4ccc(C(=O)O)cc4)o3)c2C(=O)Nc2ccccc2)C1. The summed E-state index contributed by atoms with van der Waals surface area (Å²) in [6.07, 6.45) is 4.50. The van der Waals surface area contributed by atoms with E-state index in [0.717, 1.165) is 36.1 Å². The zero-order valence-corrected chi connectivity index (χ0v) is 22.5. The number of carboxylic acids is 1. The van der Waals surface area contributed by atoms with Crippen LogP contribution < -0.4 is 5.32 Å². The van der Waals surface area contributed by atoms with Gasteiger partial charge in [0.1, 0.15) is 16.5 Å². The molecular weight excluding hydrogens is 496 g/mol. The Hall–Kier alpha value is -3.97. The van der Waals surface area contributed by atoms with Gasteiger partial charge in [0, 0.05) is 16.1 Å². The first kappa shape index (κ1) is 25.7. The molecule has 6 nitrogen and oxygen atoms in total. The van der Waals surface area contributed by atoms with Crippen molar-refractivity contribution in [1.29, 1.82) is 0 Å². The number of hydrogen-bond donors (Lipinski definition) is 2. The monoisotopic (exact) mass is 526 g/mol. The lowest BCUT2D eigenvalue weighted by molar-refractivity contribution is 0.0696. The minimum Gasteiger partial charge on any atom is -0.478 e. The van der Waals surface area contributed by atoms with Gasteiger partial charge in [-0.25, -0.2) is 9.79 Å². The number of carboxylic acid groups (broad SMARTS) is 1. The Balaban J connectivity index is 1.44. The van der Waals surface area contributed by atoms with E-state index in [9.17, 15) is 9.59 Å². The summed E-state index contributed by atoms with van der Waals surface area (Å²) in [5.41, 5.74) is 3.70. The zero-order chi connectivity index (χ0) is 26.9. The van der Waals surface area contributed by atoms with Gasteiger partial charge in [-0.3, -0.25) is 4.79 Å². The Kier molecular flexibility index (Phi) is 7.04. The fraction of sp³-hybridized carbons (Fsp3) is 0.258. The Morgan fingerprint density at radius 3 is 2.47 bits per heavy atom. The molecule has 0 radical (unpaired) electrons. The van der Waals surface area contributed by atoms with Crippen LogP contribution in [0.3, 0.4) is 0 Å². The van der Waals surface area contributed by atoms with Gasteiger partial charge in [0.2, 0.25) is 0 Å². The molecule has 1 aliphatic carbocycles. The Bertz CT molecular complexity index is 1490. The number of nitrogens with zero attached hydrogens (tertiary/aromatic N) is 1. The lowest BCUT2D eigenvalue weighted by Gasteiger charge is -2.33. The Labute approximate surface area is 226 Å². The van der Waals surface area contributed by atoms with Gasteiger partial charge in [-0.1, -0.05) is 51.1 Å². The highest BCUT2D eigenvalue weighted by molar-refractivity contribution is 7.16. The number of fused-ring (bicyclic) bond motifs is 1. The van der Waals surface area contributed by atoms with Crippen LogP contribution in [0.2, 0.25) is 0 Å². The number of nitrogens with one attached hydrogen (secondary N) is 1. The van der Waals surface area contributed by atoms with Gasteiger partial charge in [0.05, 0.1) is 17.3 Å². The molecule has 0 saturated carbocycles. The lowest BCUT2D eigenvalue weighted by atomic mass is 9.72. The average Bonchev–Trinajstić information content (AvgIpc) is 3.51. The molecule has 0 spiro atoms. The number of hydrogen-bond acceptors (Lipinski definition) is 5. The van der Waals surface area contributed by atoms with Gasteiger partial charge in [0.15, 0.2) is 0 Å². The van der Waals surface area contributed by atoms with Gasteiger partial charge in [0.25, 0.3) is 5.91 Å². The highest BCUT2D eigenvalue weighted by atomic mass is 32.1. The van der Waals surface area contributed by atoms with Gasteiger partial charge in [-0.15, -0.1) is 11.3 Å². The number of thiophene rings is 1. The average molecular weight is 527 g/mol. The topological polar surface area (TPSA) is 91.9 Å². The van der Waals surface area contributed by atoms with Crippen LogP contribution in [-0.2, 0) is 12.8 Å². The molecule has 0 aliphatic heterocycles. The van der Waals surface area contributed by atoms with E-state index in [1.165, 1.54) is 4.88 Å². The van der Waals surface area contributed by atoms with E-state index in [-0.39, 0.29) is 16.9 Å². The van der Waals surface area contributed by atoms with Crippen LogP contribution in [0, 0.1) is 11.3 Å². The highest BCUT2D eigenvalue weighted by Gasteiger charge is 2.33. The van der Waals surface area contributed by atoms with E-state index in [1.54, 1.807) is 41.8 Å². The molecule has 1 amide bonds. The summed E-state index contributed by atoms with van der Waals surface area (Å²) in [6.45, 7) is 6.84. The standard InChI is InChI=1S/C31H30N2O4S/c1-31(2,3)21-13-15-24-26(17-21)38-29(27(24)28(34)33-22-7-5-4-6-8-22)32-18-23-14-16-25(37-23)19-9-11-20(12-10-19)30(35)36/h4-12,14,16,18,21H,13,15,17H2,1-3H3,(H,33,34)(H,35,36)/t21-/m0/s1. The van der Waals surface area contributed by atoms with Crippen molar-refractivity contribution in [2.45, 2.75) is 40.0 Å². The first-order valence-electron chi connectivity index (χ1n) is 12.7. The molecule has 2 aromatic carbocycles. The Morgan fingerprint density at radius 2 is 1.79 bits per heavy atom. The van der Waals surface area contributed by atoms with Crippen LogP contribution in [-0.4, -0.2) is 23.2 Å². The quantitative estimate of drug-likeness (QED) is 0.250. The summed E-state index contributed by atoms with van der Waals surface area (Å²) in [5, 5.41) is 12.8. The minimum atomic E-state index is -0.969. The second kappa shape index (κ2) is 10.4. The van der Waals surface area contributed by atoms with E-state index in [0.29, 0.717) is 28.0 Å². The molecular formula is C31H30N2O4S. The molecule has 1 aliphatic rings. The molecule has 194 valence electrons. The summed E-state index contributed by atoms with van der Waals surface area (Å²) in [6, 6.07) is 19.6. The second-order valence-electron chi connectivity index (χ2n) is 10.7. The third-order valence-electron chi connectivity index (χ3n) is 7.08. The van der Waals surface area contributed by atoms with Crippen LogP contribution in [0.1, 0.15) is 64.1 Å². The predicted octanol–water partition coefficient (Wildman–Crippen LogP) is 7.86. The van der Waals surface area contributed by atoms with Crippen LogP contribution in [0.4, 0.5) is 10.7 Å². The largest absolute Gasteiger partial charge is 0.478 e. The van der Waals surface area contributed by atoms with Crippen molar-refractivity contribution in [3.8, 4) is 11.3 Å². The number of benzene rings is 2. The predicted molar refractivity (Wildman–Crippen MR) is 152 cm³/mol. The van der Waals surface area contributed by atoms with Crippen molar-refractivity contribution >= 4 is 40.1 Å². The lowest BCUT2D eigenvalue weighted by Crippen LogP contribution is -2.27. The normalized spacial score (nSPS) is 15.4. The number of anilines is 1. The van der Waals surface area contributed by atoms with Crippen molar-refractivity contribution in [3.63, 3.8) is 0 Å². The first-order valence-corrected chi connectivity index (χ1v) is 13.5. The number of para-hydroxylation sites is 1. The zero-order valence-electron chi connectivity index (χ0n) is 21.7. The van der Waals surface area contributed by atoms with E-state index < -0.39 is 5.97 Å². The van der Waals surface area contributed by atoms with Crippen LogP contribution >= 0.6 is 11.3 Å². The van der Waals surface area contributed by atoms with E-state index in [2.05, 4.69) is 26.1 Å². The van der Waals surface area contributed by atoms with Crippen molar-refractivity contribution in [3.05, 3.63) is 94.1 Å². The highest BCUT2D eigenvalue weighted by Crippen LogP contribution is 2.45. The molecule has 0 fully saturated rings. The number of amides is 1. The summed E-state index contributed by atoms with van der Waals surface area (Å²) in [4.78, 5) is 30.6. The smallest absolute Gasteiger partial charge is 0.335 e. The van der Waals surface area contributed by atoms with Crippen LogP contribution in [0.15, 0.2) is 76.1 Å². The first-order chi connectivity index (χ1) is 18.2.